The van der Waals surface area contributed by atoms with Crippen LogP contribution in [0.15, 0.2) is 71.6 Å². The van der Waals surface area contributed by atoms with Crippen LogP contribution in [0.4, 0.5) is 10.1 Å². The van der Waals surface area contributed by atoms with Gasteiger partial charge in [0.15, 0.2) is 0 Å². The maximum atomic E-state index is 14.8. The third kappa shape index (κ3) is 7.37. The smallest absolute Gasteiger partial charge is 0.264 e. The number of amides is 2. The van der Waals surface area contributed by atoms with Crippen LogP contribution < -0.4 is 9.62 Å². The van der Waals surface area contributed by atoms with Crippen molar-refractivity contribution in [3.8, 4) is 0 Å². The van der Waals surface area contributed by atoms with Gasteiger partial charge in [-0.1, -0.05) is 61.2 Å². The first-order valence-electron chi connectivity index (χ1n) is 14.5. The Morgan fingerprint density at radius 2 is 1.60 bits per heavy atom. The van der Waals surface area contributed by atoms with Crippen molar-refractivity contribution in [3.05, 3.63) is 94.8 Å². The molecule has 3 aromatic carbocycles. The Bertz CT molecular complexity index is 1520. The first kappa shape index (κ1) is 31.2. The molecule has 1 aliphatic carbocycles. The predicted octanol–water partition coefficient (Wildman–Crippen LogP) is 5.81. The van der Waals surface area contributed by atoms with Crippen LogP contribution in [0, 0.1) is 26.6 Å². The predicted molar refractivity (Wildman–Crippen MR) is 163 cm³/mol. The van der Waals surface area contributed by atoms with Gasteiger partial charge in [-0.15, -0.1) is 0 Å². The molecule has 2 amide bonds. The number of carbonyl (C=O) groups is 2. The fraction of sp³-hybridized carbons (Fsp3) is 0.394. The van der Waals surface area contributed by atoms with E-state index in [1.807, 2.05) is 26.8 Å². The lowest BCUT2D eigenvalue weighted by Crippen LogP contribution is -2.53. The first-order chi connectivity index (χ1) is 20.0. The zero-order valence-electron chi connectivity index (χ0n) is 24.8. The summed E-state index contributed by atoms with van der Waals surface area (Å²) in [6, 6.07) is 16.8. The van der Waals surface area contributed by atoms with E-state index in [-0.39, 0.29) is 29.0 Å². The van der Waals surface area contributed by atoms with Gasteiger partial charge in [0.25, 0.3) is 10.0 Å². The minimum atomic E-state index is -4.17. The third-order valence-corrected chi connectivity index (χ3v) is 9.87. The quantitative estimate of drug-likeness (QED) is 0.321. The van der Waals surface area contributed by atoms with Crippen molar-refractivity contribution in [1.82, 2.24) is 10.2 Å². The largest absolute Gasteiger partial charge is 0.352 e. The normalized spacial score (nSPS) is 14.7. The molecule has 3 aromatic rings. The summed E-state index contributed by atoms with van der Waals surface area (Å²) in [6.45, 7) is 6.52. The summed E-state index contributed by atoms with van der Waals surface area (Å²) in [4.78, 5) is 28.8. The van der Waals surface area contributed by atoms with E-state index < -0.39 is 34.3 Å². The molecule has 0 radical (unpaired) electrons. The molecule has 0 heterocycles. The lowest BCUT2D eigenvalue weighted by molar-refractivity contribution is -0.139. The third-order valence-electron chi connectivity index (χ3n) is 8.08. The number of anilines is 1. The van der Waals surface area contributed by atoms with Gasteiger partial charge in [-0.25, -0.2) is 12.8 Å². The molecule has 9 heteroatoms. The van der Waals surface area contributed by atoms with Crippen molar-refractivity contribution >= 4 is 27.5 Å². The van der Waals surface area contributed by atoms with Crippen molar-refractivity contribution in [2.24, 2.45) is 0 Å². The second kappa shape index (κ2) is 13.5. The average Bonchev–Trinajstić information content (AvgIpc) is 2.97. The molecule has 42 heavy (non-hydrogen) atoms. The van der Waals surface area contributed by atoms with Gasteiger partial charge in [-0.3, -0.25) is 13.9 Å². The van der Waals surface area contributed by atoms with Crippen molar-refractivity contribution in [1.29, 1.82) is 0 Å². The number of aryl methyl sites for hydroxylation is 3. The molecule has 0 spiro atoms. The number of sulfonamides is 1. The van der Waals surface area contributed by atoms with Crippen LogP contribution >= 0.6 is 0 Å². The highest BCUT2D eigenvalue weighted by atomic mass is 32.2. The molecule has 1 N–H and O–H groups in total. The number of hydrogen-bond acceptors (Lipinski definition) is 4. The Morgan fingerprint density at radius 1 is 0.929 bits per heavy atom. The fourth-order valence-electron chi connectivity index (χ4n) is 5.21. The van der Waals surface area contributed by atoms with E-state index in [1.165, 1.54) is 23.1 Å². The van der Waals surface area contributed by atoms with Gasteiger partial charge in [0.05, 0.1) is 10.6 Å². The number of halogens is 1. The second-order valence-corrected chi connectivity index (χ2v) is 13.1. The molecule has 4 rings (SSSR count). The molecule has 0 aromatic heterocycles. The molecule has 7 nitrogen and oxygen atoms in total. The highest BCUT2D eigenvalue weighted by Gasteiger charge is 2.33. The summed E-state index contributed by atoms with van der Waals surface area (Å²) in [5.74, 6) is -1.46. The Hall–Kier alpha value is -3.72. The molecule has 1 fully saturated rings. The molecule has 0 bridgehead atoms. The van der Waals surface area contributed by atoms with Crippen LogP contribution in [0.1, 0.15) is 61.3 Å². The Balaban J connectivity index is 1.70. The maximum Gasteiger partial charge on any atom is 0.264 e. The number of rotatable bonds is 10. The number of nitrogens with one attached hydrogen (secondary N) is 1. The molecule has 1 saturated carbocycles. The van der Waals surface area contributed by atoms with Crippen molar-refractivity contribution in [2.75, 3.05) is 10.8 Å². The Kier molecular flexibility index (Phi) is 10.0. The summed E-state index contributed by atoms with van der Waals surface area (Å²) < 4.78 is 43.8. The van der Waals surface area contributed by atoms with E-state index in [9.17, 15) is 22.4 Å². The zero-order chi connectivity index (χ0) is 30.4. The van der Waals surface area contributed by atoms with Crippen LogP contribution in [0.5, 0.6) is 0 Å². The van der Waals surface area contributed by atoms with Gasteiger partial charge in [0.2, 0.25) is 11.8 Å². The maximum absolute atomic E-state index is 14.8. The van der Waals surface area contributed by atoms with Gasteiger partial charge in [-0.2, -0.15) is 0 Å². The second-order valence-electron chi connectivity index (χ2n) is 11.2. The summed E-state index contributed by atoms with van der Waals surface area (Å²) in [5.41, 5.74) is 3.32. The van der Waals surface area contributed by atoms with Crippen LogP contribution in [0.3, 0.4) is 0 Å². The van der Waals surface area contributed by atoms with E-state index in [1.54, 1.807) is 49.4 Å². The number of benzene rings is 3. The lowest BCUT2D eigenvalue weighted by atomic mass is 9.95. The van der Waals surface area contributed by atoms with Crippen molar-refractivity contribution in [2.45, 2.75) is 83.3 Å². The summed E-state index contributed by atoms with van der Waals surface area (Å²) >= 11 is 0. The Labute approximate surface area is 248 Å². The average molecular weight is 594 g/mol. The number of nitrogens with zero attached hydrogens (tertiary/aromatic N) is 2. The highest BCUT2D eigenvalue weighted by Crippen LogP contribution is 2.27. The Morgan fingerprint density at radius 3 is 2.24 bits per heavy atom. The number of carbonyl (C=O) groups excluding carboxylic acids is 2. The van der Waals surface area contributed by atoms with Gasteiger partial charge < -0.3 is 10.2 Å². The van der Waals surface area contributed by atoms with E-state index in [0.717, 1.165) is 53.1 Å². The molecule has 224 valence electrons. The van der Waals surface area contributed by atoms with Crippen LogP contribution in [-0.2, 0) is 26.2 Å². The fourth-order valence-corrected chi connectivity index (χ4v) is 6.61. The molecule has 1 atom stereocenters. The molecular weight excluding hydrogens is 553 g/mol. The molecule has 0 aliphatic heterocycles. The highest BCUT2D eigenvalue weighted by molar-refractivity contribution is 7.92. The van der Waals surface area contributed by atoms with E-state index in [4.69, 9.17) is 0 Å². The summed E-state index contributed by atoms with van der Waals surface area (Å²) in [5, 5.41) is 3.06. The van der Waals surface area contributed by atoms with Crippen LogP contribution in [-0.4, -0.2) is 43.8 Å². The van der Waals surface area contributed by atoms with E-state index in [2.05, 4.69) is 5.32 Å². The summed E-state index contributed by atoms with van der Waals surface area (Å²) in [7, 11) is -4.17. The number of hydrogen-bond donors (Lipinski definition) is 1. The molecule has 0 saturated heterocycles. The van der Waals surface area contributed by atoms with Crippen LogP contribution in [0.2, 0.25) is 0 Å². The molecule has 1 aliphatic rings. The standard InChI is InChI=1S/C33H40FN3O4S/c1-23-14-18-30(19-15-23)42(40,41)37(29-17-16-24(2)25(3)20-29)22-32(38)36(21-27-10-8-9-13-31(27)34)26(4)33(39)35-28-11-6-5-7-12-28/h8-10,13-20,26,28H,5-7,11-12,21-22H2,1-4H3,(H,35,39)/t26-/m1/s1. The molecular formula is C33H40FN3O4S. The van der Waals surface area contributed by atoms with Crippen molar-refractivity contribution < 1.29 is 22.4 Å². The van der Waals surface area contributed by atoms with Crippen molar-refractivity contribution in [3.63, 3.8) is 0 Å². The SMILES string of the molecule is Cc1ccc(S(=O)(=O)N(CC(=O)N(Cc2ccccc2F)[C@H](C)C(=O)NC2CCCCC2)c2ccc(C)c(C)c2)cc1. The van der Waals surface area contributed by atoms with Gasteiger partial charge in [0.1, 0.15) is 18.4 Å². The monoisotopic (exact) mass is 593 g/mol. The van der Waals surface area contributed by atoms with Gasteiger partial charge >= 0.3 is 0 Å². The van der Waals surface area contributed by atoms with E-state index in [0.29, 0.717) is 5.69 Å². The minimum Gasteiger partial charge on any atom is -0.352 e. The van der Waals surface area contributed by atoms with Gasteiger partial charge in [-0.05, 0) is 82.0 Å². The lowest BCUT2D eigenvalue weighted by Gasteiger charge is -2.33. The minimum absolute atomic E-state index is 0.0214. The van der Waals surface area contributed by atoms with Crippen LogP contribution in [0.25, 0.3) is 0 Å². The summed E-state index contributed by atoms with van der Waals surface area (Å²) in [6.07, 6.45) is 4.92. The topological polar surface area (TPSA) is 86.8 Å². The van der Waals surface area contributed by atoms with E-state index >= 15 is 0 Å². The zero-order valence-corrected chi connectivity index (χ0v) is 25.6. The van der Waals surface area contributed by atoms with Gasteiger partial charge in [0, 0.05) is 18.2 Å². The first-order valence-corrected chi connectivity index (χ1v) is 15.9. The molecule has 0 unspecified atom stereocenters.